The highest BCUT2D eigenvalue weighted by atomic mass is 32.1. The van der Waals surface area contributed by atoms with Crippen LogP contribution in [0.25, 0.3) is 0 Å². The molecule has 0 radical (unpaired) electrons. The summed E-state index contributed by atoms with van der Waals surface area (Å²) in [5.74, 6) is 0.308. The Hall–Kier alpha value is -1.43. The minimum absolute atomic E-state index is 0.0358. The summed E-state index contributed by atoms with van der Waals surface area (Å²) in [6.07, 6.45) is 0. The number of aryl methyl sites for hydroxylation is 1. The number of nitrogens with one attached hydrogen (secondary N) is 2. The van der Waals surface area contributed by atoms with E-state index >= 15 is 0 Å². The summed E-state index contributed by atoms with van der Waals surface area (Å²) in [5, 5.41) is 6.43. The summed E-state index contributed by atoms with van der Waals surface area (Å²) in [4.78, 5) is 23.0. The molecule has 1 aromatic heterocycles. The predicted molar refractivity (Wildman–Crippen MR) is 73.2 cm³/mol. The SMILES string of the molecule is CC(=O)c1c(C)nsc1NCC(=O)NCC(C)C. The molecule has 1 amide bonds. The van der Waals surface area contributed by atoms with Gasteiger partial charge in [0.05, 0.1) is 17.8 Å². The fraction of sp³-hybridized carbons (Fsp3) is 0.583. The molecule has 1 heterocycles. The highest BCUT2D eigenvalue weighted by Gasteiger charge is 2.15. The number of Topliss-reactive ketones (excluding diaryl/α,β-unsaturated/α-hetero) is 1. The van der Waals surface area contributed by atoms with Gasteiger partial charge in [0, 0.05) is 6.54 Å². The molecule has 1 rings (SSSR count). The highest BCUT2D eigenvalue weighted by Crippen LogP contribution is 2.24. The maximum absolute atomic E-state index is 11.5. The van der Waals surface area contributed by atoms with Crippen LogP contribution in [0.15, 0.2) is 0 Å². The lowest BCUT2D eigenvalue weighted by atomic mass is 10.2. The van der Waals surface area contributed by atoms with Gasteiger partial charge in [-0.2, -0.15) is 4.37 Å². The third kappa shape index (κ3) is 4.10. The zero-order valence-corrected chi connectivity index (χ0v) is 12.0. The summed E-state index contributed by atoms with van der Waals surface area (Å²) >= 11 is 1.21. The van der Waals surface area contributed by atoms with E-state index in [1.165, 1.54) is 18.5 Å². The second-order valence-corrected chi connectivity index (χ2v) is 5.35. The average Bonchev–Trinajstić information content (AvgIpc) is 2.65. The zero-order chi connectivity index (χ0) is 13.7. The molecular weight excluding hydrogens is 250 g/mol. The highest BCUT2D eigenvalue weighted by molar-refractivity contribution is 7.10. The average molecular weight is 269 g/mol. The van der Waals surface area contributed by atoms with E-state index in [1.54, 1.807) is 6.92 Å². The molecule has 0 saturated heterocycles. The van der Waals surface area contributed by atoms with Gasteiger partial charge >= 0.3 is 0 Å². The number of hydrogen-bond acceptors (Lipinski definition) is 5. The molecule has 0 aliphatic carbocycles. The van der Waals surface area contributed by atoms with Gasteiger partial charge in [0.1, 0.15) is 5.00 Å². The van der Waals surface area contributed by atoms with Crippen LogP contribution in [0, 0.1) is 12.8 Å². The lowest BCUT2D eigenvalue weighted by Gasteiger charge is -2.08. The first kappa shape index (κ1) is 14.6. The maximum Gasteiger partial charge on any atom is 0.239 e. The Morgan fingerprint density at radius 3 is 2.61 bits per heavy atom. The van der Waals surface area contributed by atoms with Gasteiger partial charge in [-0.3, -0.25) is 9.59 Å². The van der Waals surface area contributed by atoms with E-state index < -0.39 is 0 Å². The Labute approximate surface area is 111 Å². The standard InChI is InChI=1S/C12H19N3O2S/c1-7(2)5-13-10(17)6-14-12-11(9(4)16)8(3)15-18-12/h7,14H,5-6H2,1-4H3,(H,13,17). The second kappa shape index (κ2) is 6.49. The van der Waals surface area contributed by atoms with Gasteiger partial charge in [0.2, 0.25) is 5.91 Å². The number of ketones is 1. The van der Waals surface area contributed by atoms with Crippen molar-refractivity contribution in [2.24, 2.45) is 5.92 Å². The lowest BCUT2D eigenvalue weighted by Crippen LogP contribution is -2.32. The number of nitrogens with zero attached hydrogens (tertiary/aromatic N) is 1. The Morgan fingerprint density at radius 2 is 2.06 bits per heavy atom. The van der Waals surface area contributed by atoms with Crippen LogP contribution in [0.5, 0.6) is 0 Å². The largest absolute Gasteiger partial charge is 0.366 e. The predicted octanol–water partition coefficient (Wildman–Crippen LogP) is 1.84. The summed E-state index contributed by atoms with van der Waals surface area (Å²) < 4.78 is 4.12. The van der Waals surface area contributed by atoms with Crippen molar-refractivity contribution < 1.29 is 9.59 Å². The van der Waals surface area contributed by atoms with E-state index in [-0.39, 0.29) is 18.2 Å². The molecule has 0 fully saturated rings. The van der Waals surface area contributed by atoms with E-state index in [9.17, 15) is 9.59 Å². The van der Waals surface area contributed by atoms with Crippen molar-refractivity contribution in [2.45, 2.75) is 27.7 Å². The van der Waals surface area contributed by atoms with Crippen molar-refractivity contribution in [3.05, 3.63) is 11.3 Å². The van der Waals surface area contributed by atoms with Gasteiger partial charge in [-0.25, -0.2) is 0 Å². The van der Waals surface area contributed by atoms with Crippen molar-refractivity contribution in [1.29, 1.82) is 0 Å². The van der Waals surface area contributed by atoms with Gasteiger partial charge in [-0.1, -0.05) is 13.8 Å². The molecule has 2 N–H and O–H groups in total. The third-order valence-electron chi connectivity index (χ3n) is 2.33. The van der Waals surface area contributed by atoms with E-state index in [0.29, 0.717) is 28.7 Å². The van der Waals surface area contributed by atoms with Crippen LogP contribution in [-0.4, -0.2) is 29.2 Å². The minimum Gasteiger partial charge on any atom is -0.366 e. The van der Waals surface area contributed by atoms with Crippen LogP contribution >= 0.6 is 11.5 Å². The molecule has 5 nitrogen and oxygen atoms in total. The molecule has 0 aromatic carbocycles. The first-order valence-corrected chi connectivity index (χ1v) is 6.67. The Kier molecular flexibility index (Phi) is 5.27. The van der Waals surface area contributed by atoms with Crippen molar-refractivity contribution in [3.8, 4) is 0 Å². The van der Waals surface area contributed by atoms with Gasteiger partial charge in [-0.05, 0) is 31.3 Å². The van der Waals surface area contributed by atoms with Crippen LogP contribution in [0.3, 0.4) is 0 Å². The Bertz CT molecular complexity index is 441. The summed E-state index contributed by atoms with van der Waals surface area (Å²) in [5.41, 5.74) is 1.29. The van der Waals surface area contributed by atoms with E-state index in [2.05, 4.69) is 15.0 Å². The smallest absolute Gasteiger partial charge is 0.239 e. The fourth-order valence-electron chi connectivity index (χ4n) is 1.45. The molecular formula is C12H19N3O2S. The van der Waals surface area contributed by atoms with Gasteiger partial charge in [0.15, 0.2) is 5.78 Å². The van der Waals surface area contributed by atoms with Gasteiger partial charge < -0.3 is 10.6 Å². The first-order valence-electron chi connectivity index (χ1n) is 5.89. The molecule has 0 aliphatic rings. The van der Waals surface area contributed by atoms with E-state index in [4.69, 9.17) is 0 Å². The van der Waals surface area contributed by atoms with Gasteiger partial charge in [0.25, 0.3) is 0 Å². The number of carbonyl (C=O) groups excluding carboxylic acids is 2. The quantitative estimate of drug-likeness (QED) is 0.773. The molecule has 18 heavy (non-hydrogen) atoms. The monoisotopic (exact) mass is 269 g/mol. The zero-order valence-electron chi connectivity index (χ0n) is 11.2. The van der Waals surface area contributed by atoms with Crippen molar-refractivity contribution in [1.82, 2.24) is 9.69 Å². The molecule has 100 valence electrons. The van der Waals surface area contributed by atoms with Gasteiger partial charge in [-0.15, -0.1) is 0 Å². The lowest BCUT2D eigenvalue weighted by molar-refractivity contribution is -0.119. The normalized spacial score (nSPS) is 10.5. The molecule has 0 saturated carbocycles. The number of anilines is 1. The van der Waals surface area contributed by atoms with Crippen LogP contribution < -0.4 is 10.6 Å². The topological polar surface area (TPSA) is 71.1 Å². The third-order valence-corrected chi connectivity index (χ3v) is 3.23. The maximum atomic E-state index is 11.5. The van der Waals surface area contributed by atoms with Crippen molar-refractivity contribution in [2.75, 3.05) is 18.4 Å². The Morgan fingerprint density at radius 1 is 1.39 bits per heavy atom. The van der Waals surface area contributed by atoms with Crippen molar-refractivity contribution >= 4 is 28.2 Å². The number of aromatic nitrogens is 1. The molecule has 6 heteroatoms. The van der Waals surface area contributed by atoms with Crippen LogP contribution in [-0.2, 0) is 4.79 Å². The van der Waals surface area contributed by atoms with E-state index in [1.807, 2.05) is 13.8 Å². The molecule has 1 aromatic rings. The summed E-state index contributed by atoms with van der Waals surface area (Å²) in [6.45, 7) is 8.18. The fourth-order valence-corrected chi connectivity index (χ4v) is 2.28. The Balaban J connectivity index is 2.54. The molecule has 0 unspecified atom stereocenters. The summed E-state index contributed by atoms with van der Waals surface area (Å²) in [6, 6.07) is 0. The van der Waals surface area contributed by atoms with Crippen LogP contribution in [0.2, 0.25) is 0 Å². The van der Waals surface area contributed by atoms with Crippen LogP contribution in [0.4, 0.5) is 5.00 Å². The molecule has 0 bridgehead atoms. The number of carbonyl (C=O) groups is 2. The number of rotatable bonds is 6. The van der Waals surface area contributed by atoms with Crippen molar-refractivity contribution in [3.63, 3.8) is 0 Å². The van der Waals surface area contributed by atoms with E-state index in [0.717, 1.165) is 0 Å². The minimum atomic E-state index is -0.0794. The number of amides is 1. The molecule has 0 aliphatic heterocycles. The van der Waals surface area contributed by atoms with Crippen LogP contribution in [0.1, 0.15) is 36.8 Å². The second-order valence-electron chi connectivity index (χ2n) is 4.58. The molecule has 0 atom stereocenters. The first-order chi connectivity index (χ1) is 8.41. The molecule has 0 spiro atoms. The summed E-state index contributed by atoms with van der Waals surface area (Å²) in [7, 11) is 0. The number of hydrogen-bond donors (Lipinski definition) is 2.